The third kappa shape index (κ3) is 2.77. The quantitative estimate of drug-likeness (QED) is 0.866. The summed E-state index contributed by atoms with van der Waals surface area (Å²) in [4.78, 5) is 2.90. The van der Waals surface area contributed by atoms with Crippen molar-refractivity contribution in [1.82, 2.24) is 5.32 Å². The van der Waals surface area contributed by atoms with Gasteiger partial charge in [0, 0.05) is 32.0 Å². The van der Waals surface area contributed by atoms with E-state index in [-0.39, 0.29) is 0 Å². The molecule has 4 heteroatoms. The fourth-order valence-electron chi connectivity index (χ4n) is 2.64. The molecule has 2 heterocycles. The van der Waals surface area contributed by atoms with Crippen LogP contribution in [0.2, 0.25) is 0 Å². The van der Waals surface area contributed by atoms with Crippen molar-refractivity contribution >= 4 is 39.0 Å². The normalized spacial score (nSPS) is 19.4. The Labute approximate surface area is 130 Å². The zero-order valence-corrected chi connectivity index (χ0v) is 13.9. The first-order valence-electron chi connectivity index (χ1n) is 6.40. The number of hydrogen-bond donors (Lipinski definition) is 1. The number of thiophene rings is 1. The van der Waals surface area contributed by atoms with Crippen LogP contribution in [0.15, 0.2) is 45.1 Å². The molecule has 1 N–H and O–H groups in total. The van der Waals surface area contributed by atoms with Crippen LogP contribution in [0.1, 0.15) is 16.4 Å². The van der Waals surface area contributed by atoms with Gasteiger partial charge in [-0.3, -0.25) is 0 Å². The van der Waals surface area contributed by atoms with Crippen LogP contribution in [0.4, 0.5) is 0 Å². The maximum absolute atomic E-state index is 3.64. The average Bonchev–Trinajstić information content (AvgIpc) is 3.03. The number of halogens is 1. The molecule has 0 spiro atoms. The second-order valence-corrected chi connectivity index (χ2v) is 7.66. The van der Waals surface area contributed by atoms with Crippen LogP contribution in [-0.4, -0.2) is 18.8 Å². The highest BCUT2D eigenvalue weighted by atomic mass is 79.9. The molecule has 0 amide bonds. The van der Waals surface area contributed by atoms with E-state index >= 15 is 0 Å². The van der Waals surface area contributed by atoms with Crippen molar-refractivity contribution in [1.29, 1.82) is 0 Å². The molecule has 0 fully saturated rings. The molecule has 0 saturated carbocycles. The van der Waals surface area contributed by atoms with Gasteiger partial charge in [-0.1, -0.05) is 18.2 Å². The molecule has 2 atom stereocenters. The van der Waals surface area contributed by atoms with Crippen molar-refractivity contribution in [3.63, 3.8) is 0 Å². The number of likely N-dealkylation sites (N-methyl/N-ethyl adjacent to an activating group) is 1. The molecule has 0 aliphatic carbocycles. The Balaban J connectivity index is 1.82. The molecule has 1 aliphatic rings. The van der Waals surface area contributed by atoms with Crippen LogP contribution in [0, 0.1) is 0 Å². The minimum atomic E-state index is 0.506. The highest BCUT2D eigenvalue weighted by molar-refractivity contribution is 9.10. The number of nitrogens with one attached hydrogen (secondary N) is 1. The van der Waals surface area contributed by atoms with E-state index in [0.29, 0.717) is 12.0 Å². The van der Waals surface area contributed by atoms with Crippen molar-refractivity contribution in [3.8, 4) is 0 Å². The maximum Gasteiger partial charge on any atom is 0.0314 e. The zero-order chi connectivity index (χ0) is 13.2. The van der Waals surface area contributed by atoms with Crippen LogP contribution in [-0.2, 0) is 6.42 Å². The zero-order valence-electron chi connectivity index (χ0n) is 10.7. The second kappa shape index (κ2) is 6.00. The molecule has 3 rings (SSSR count). The van der Waals surface area contributed by atoms with Crippen LogP contribution in [0.5, 0.6) is 0 Å². The average molecular weight is 354 g/mol. The lowest BCUT2D eigenvalue weighted by Crippen LogP contribution is -2.34. The van der Waals surface area contributed by atoms with Crippen LogP contribution >= 0.6 is 39.0 Å². The van der Waals surface area contributed by atoms with E-state index in [9.17, 15) is 0 Å². The van der Waals surface area contributed by atoms with Gasteiger partial charge in [-0.05, 0) is 52.5 Å². The molecule has 2 unspecified atom stereocenters. The lowest BCUT2D eigenvalue weighted by Gasteiger charge is -2.23. The Kier molecular flexibility index (Phi) is 4.32. The number of thioether (sulfide) groups is 1. The van der Waals surface area contributed by atoms with E-state index in [1.165, 1.54) is 25.6 Å². The van der Waals surface area contributed by atoms with Crippen LogP contribution in [0.25, 0.3) is 0 Å². The fraction of sp³-hybridized carbons (Fsp3) is 0.333. The minimum absolute atomic E-state index is 0.506. The lowest BCUT2D eigenvalue weighted by atomic mass is 9.91. The third-order valence-corrected chi connectivity index (χ3v) is 6.85. The molecule has 0 radical (unpaired) electrons. The maximum atomic E-state index is 3.64. The van der Waals surface area contributed by atoms with Gasteiger partial charge in [0.2, 0.25) is 0 Å². The number of fused-ring (bicyclic) bond motifs is 1. The fourth-order valence-corrected chi connectivity index (χ4v) is 5.54. The lowest BCUT2D eigenvalue weighted by molar-refractivity contribution is 0.491. The van der Waals surface area contributed by atoms with Gasteiger partial charge in [0.05, 0.1) is 0 Å². The Bertz CT molecular complexity index is 567. The summed E-state index contributed by atoms with van der Waals surface area (Å²) in [6, 6.07) is 11.5. The highest BCUT2D eigenvalue weighted by Crippen LogP contribution is 2.42. The molecule has 1 nitrogen and oxygen atoms in total. The predicted molar refractivity (Wildman–Crippen MR) is 88.5 cm³/mol. The molecule has 19 heavy (non-hydrogen) atoms. The Morgan fingerprint density at radius 2 is 2.21 bits per heavy atom. The smallest absolute Gasteiger partial charge is 0.0314 e. The van der Waals surface area contributed by atoms with Crippen molar-refractivity contribution in [3.05, 3.63) is 50.6 Å². The topological polar surface area (TPSA) is 12.0 Å². The molecule has 1 aliphatic heterocycles. The van der Waals surface area contributed by atoms with Crippen molar-refractivity contribution in [2.45, 2.75) is 23.3 Å². The van der Waals surface area contributed by atoms with E-state index in [4.69, 9.17) is 0 Å². The minimum Gasteiger partial charge on any atom is -0.316 e. The van der Waals surface area contributed by atoms with Crippen molar-refractivity contribution in [2.24, 2.45) is 0 Å². The van der Waals surface area contributed by atoms with E-state index < -0.39 is 0 Å². The van der Waals surface area contributed by atoms with Gasteiger partial charge in [0.25, 0.3) is 0 Å². The first kappa shape index (κ1) is 13.7. The Morgan fingerprint density at radius 1 is 1.37 bits per heavy atom. The predicted octanol–water partition coefficient (Wildman–Crippen LogP) is 4.53. The summed E-state index contributed by atoms with van der Waals surface area (Å²) in [7, 11) is 2.08. The molecule has 2 aromatic rings. The van der Waals surface area contributed by atoms with Crippen LogP contribution < -0.4 is 5.32 Å². The van der Waals surface area contributed by atoms with Gasteiger partial charge >= 0.3 is 0 Å². The van der Waals surface area contributed by atoms with Gasteiger partial charge in [-0.25, -0.2) is 0 Å². The third-order valence-electron chi connectivity index (χ3n) is 3.69. The summed E-state index contributed by atoms with van der Waals surface area (Å²) in [5.41, 5.74) is 1.51. The van der Waals surface area contributed by atoms with E-state index in [2.05, 4.69) is 64.0 Å². The standard InChI is InChI=1S/C15H16BrNS2/c1-17-13(8-15-12(16)6-7-18-15)11-9-19-14-5-3-2-4-10(11)14/h2-7,11,13,17H,8-9H2,1H3. The van der Waals surface area contributed by atoms with Gasteiger partial charge in [-0.15, -0.1) is 23.1 Å². The summed E-state index contributed by atoms with van der Waals surface area (Å²) in [5.74, 6) is 1.80. The summed E-state index contributed by atoms with van der Waals surface area (Å²) >= 11 is 7.47. The first-order valence-corrected chi connectivity index (χ1v) is 9.06. The molecule has 0 bridgehead atoms. The molecule has 0 saturated heterocycles. The van der Waals surface area contributed by atoms with Crippen molar-refractivity contribution in [2.75, 3.05) is 12.8 Å². The van der Waals surface area contributed by atoms with E-state index in [0.717, 1.165) is 6.42 Å². The van der Waals surface area contributed by atoms with E-state index in [1.807, 2.05) is 23.1 Å². The number of rotatable bonds is 4. The molecular formula is C15H16BrNS2. The highest BCUT2D eigenvalue weighted by Gasteiger charge is 2.29. The Morgan fingerprint density at radius 3 is 2.95 bits per heavy atom. The SMILES string of the molecule is CNC(Cc1sccc1Br)C1CSc2ccccc21. The molecular weight excluding hydrogens is 338 g/mol. The largest absolute Gasteiger partial charge is 0.316 e. The second-order valence-electron chi connectivity index (χ2n) is 4.75. The molecule has 1 aromatic heterocycles. The Hall–Kier alpha value is -0.290. The van der Waals surface area contributed by atoms with Gasteiger partial charge < -0.3 is 5.32 Å². The first-order chi connectivity index (χ1) is 9.29. The van der Waals surface area contributed by atoms with Gasteiger partial charge in [-0.2, -0.15) is 0 Å². The monoisotopic (exact) mass is 353 g/mol. The summed E-state index contributed by atoms with van der Waals surface area (Å²) in [6.07, 6.45) is 1.09. The summed E-state index contributed by atoms with van der Waals surface area (Å²) in [6.45, 7) is 0. The van der Waals surface area contributed by atoms with E-state index in [1.54, 1.807) is 0 Å². The van der Waals surface area contributed by atoms with Crippen molar-refractivity contribution < 1.29 is 0 Å². The van der Waals surface area contributed by atoms with Gasteiger partial charge in [0.1, 0.15) is 0 Å². The number of hydrogen-bond acceptors (Lipinski definition) is 3. The molecule has 1 aromatic carbocycles. The summed E-state index contributed by atoms with van der Waals surface area (Å²) in [5, 5.41) is 5.68. The van der Waals surface area contributed by atoms with Gasteiger partial charge in [0.15, 0.2) is 0 Å². The summed E-state index contributed by atoms with van der Waals surface area (Å²) < 4.78 is 1.25. The van der Waals surface area contributed by atoms with Crippen LogP contribution in [0.3, 0.4) is 0 Å². The molecule has 100 valence electrons. The number of benzene rings is 1.